The number of H-pyrrole nitrogens is 1. The minimum atomic E-state index is -0.977. The number of carboxylic acid groups (broad SMARTS) is 1. The van der Waals surface area contributed by atoms with E-state index in [9.17, 15) is 14.7 Å². The monoisotopic (exact) mass is 321 g/mol. The molecule has 1 aliphatic heterocycles. The van der Waals surface area contributed by atoms with E-state index in [1.54, 1.807) is 24.7 Å². The molecule has 1 aromatic heterocycles. The molecule has 0 aliphatic carbocycles. The zero-order valence-electron chi connectivity index (χ0n) is 11.0. The molecule has 21 heavy (non-hydrogen) atoms. The molecule has 0 spiro atoms. The Labute approximate surface area is 128 Å². The van der Waals surface area contributed by atoms with Crippen LogP contribution < -0.4 is 9.61 Å². The number of aromatic amines is 1. The summed E-state index contributed by atoms with van der Waals surface area (Å²) >= 11 is 2.30. The molecule has 0 amide bonds. The number of hydrogen-bond acceptors (Lipinski definition) is 5. The fourth-order valence-corrected chi connectivity index (χ4v) is 4.32. The van der Waals surface area contributed by atoms with Crippen LogP contribution in [0, 0.1) is 0 Å². The maximum absolute atomic E-state index is 11.6. The quantitative estimate of drug-likeness (QED) is 0.908. The summed E-state index contributed by atoms with van der Waals surface area (Å²) in [7, 11) is 1.57. The van der Waals surface area contributed by atoms with Gasteiger partial charge < -0.3 is 14.8 Å². The van der Waals surface area contributed by atoms with Gasteiger partial charge in [0.2, 0.25) is 0 Å². The fourth-order valence-electron chi connectivity index (χ4n) is 2.24. The van der Waals surface area contributed by atoms with Gasteiger partial charge in [-0.15, -0.1) is 0 Å². The van der Waals surface area contributed by atoms with Gasteiger partial charge in [0.05, 0.1) is 28.5 Å². The third-order valence-electron chi connectivity index (χ3n) is 3.22. The second-order valence-electron chi connectivity index (χ2n) is 4.41. The van der Waals surface area contributed by atoms with E-state index in [4.69, 9.17) is 4.74 Å². The molecule has 2 aromatic rings. The van der Waals surface area contributed by atoms with Crippen molar-refractivity contribution in [2.75, 3.05) is 7.11 Å². The number of carboxylic acids is 1. The summed E-state index contributed by atoms with van der Waals surface area (Å²) in [6.07, 6.45) is 0. The largest absolute Gasteiger partial charge is 0.497 e. The molecule has 1 aromatic carbocycles. The summed E-state index contributed by atoms with van der Waals surface area (Å²) in [6, 6.07) is 7.21. The van der Waals surface area contributed by atoms with Gasteiger partial charge in [-0.3, -0.25) is 4.79 Å². The lowest BCUT2D eigenvalue weighted by molar-refractivity contribution is -0.132. The van der Waals surface area contributed by atoms with E-state index in [0.29, 0.717) is 5.75 Å². The van der Waals surface area contributed by atoms with Crippen LogP contribution in [-0.4, -0.2) is 23.2 Å². The number of thiazole rings is 1. The molecule has 108 valence electrons. The van der Waals surface area contributed by atoms with Crippen molar-refractivity contribution in [3.63, 3.8) is 0 Å². The van der Waals surface area contributed by atoms with E-state index >= 15 is 0 Å². The summed E-state index contributed by atoms with van der Waals surface area (Å²) in [6.45, 7) is 0. The van der Waals surface area contributed by atoms with Gasteiger partial charge in [-0.1, -0.05) is 35.2 Å². The highest BCUT2D eigenvalue weighted by molar-refractivity contribution is 8.02. The first-order valence-electron chi connectivity index (χ1n) is 6.07. The summed E-state index contributed by atoms with van der Waals surface area (Å²) in [4.78, 5) is 26.4. The van der Waals surface area contributed by atoms with E-state index in [-0.39, 0.29) is 10.4 Å². The molecule has 1 unspecified atom stereocenters. The van der Waals surface area contributed by atoms with E-state index in [1.807, 2.05) is 12.1 Å². The van der Waals surface area contributed by atoms with Gasteiger partial charge >= 0.3 is 10.8 Å². The average Bonchev–Trinajstić information content (AvgIpc) is 2.86. The van der Waals surface area contributed by atoms with Crippen LogP contribution in [0.25, 0.3) is 0 Å². The van der Waals surface area contributed by atoms with Gasteiger partial charge in [-0.25, -0.2) is 4.79 Å². The highest BCUT2D eigenvalue weighted by Crippen LogP contribution is 2.44. The summed E-state index contributed by atoms with van der Waals surface area (Å²) in [5.41, 5.74) is 1.09. The first-order valence-corrected chi connectivity index (χ1v) is 7.76. The molecule has 0 saturated carbocycles. The molecule has 0 radical (unpaired) electrons. The van der Waals surface area contributed by atoms with Crippen molar-refractivity contribution in [3.05, 3.63) is 55.4 Å². The van der Waals surface area contributed by atoms with E-state index < -0.39 is 11.9 Å². The Morgan fingerprint density at radius 2 is 2.05 bits per heavy atom. The van der Waals surface area contributed by atoms with E-state index in [2.05, 4.69) is 4.98 Å². The SMILES string of the molecule is COc1ccc(C2C(C(=O)O)=CSc3[nH]c(=O)sc32)cc1. The van der Waals surface area contributed by atoms with Crippen LogP contribution in [-0.2, 0) is 4.79 Å². The van der Waals surface area contributed by atoms with Crippen LogP contribution in [0.15, 0.2) is 45.1 Å². The molecular weight excluding hydrogens is 310 g/mol. The van der Waals surface area contributed by atoms with Crippen LogP contribution in [0.3, 0.4) is 0 Å². The van der Waals surface area contributed by atoms with Crippen molar-refractivity contribution in [1.29, 1.82) is 0 Å². The molecule has 2 N–H and O–H groups in total. The lowest BCUT2D eigenvalue weighted by Crippen LogP contribution is -2.14. The number of carbonyl (C=O) groups is 1. The minimum Gasteiger partial charge on any atom is -0.497 e. The van der Waals surface area contributed by atoms with Crippen LogP contribution in [0.5, 0.6) is 5.75 Å². The number of thioether (sulfide) groups is 1. The third-order valence-corrected chi connectivity index (χ3v) is 5.22. The smallest absolute Gasteiger partial charge is 0.333 e. The number of nitrogens with one attached hydrogen (secondary N) is 1. The van der Waals surface area contributed by atoms with Gasteiger partial charge in [-0.05, 0) is 23.1 Å². The molecule has 0 saturated heterocycles. The Morgan fingerprint density at radius 1 is 1.33 bits per heavy atom. The topological polar surface area (TPSA) is 79.4 Å². The first-order chi connectivity index (χ1) is 10.1. The van der Waals surface area contributed by atoms with Crippen molar-refractivity contribution in [2.24, 2.45) is 0 Å². The normalized spacial score (nSPS) is 17.0. The standard InChI is InChI=1S/C14H11NO4S2/c1-19-8-4-2-7(3-5-8)10-9(13(16)17)6-20-12-11(10)21-14(18)15-12/h2-6,10H,1H3,(H,15,18)(H,16,17). The number of hydrogen-bond donors (Lipinski definition) is 2. The maximum atomic E-state index is 11.6. The number of aromatic nitrogens is 1. The van der Waals surface area contributed by atoms with Gasteiger partial charge in [-0.2, -0.15) is 0 Å². The summed E-state index contributed by atoms with van der Waals surface area (Å²) < 4.78 is 5.12. The Hall–Kier alpha value is -1.99. The molecule has 1 aliphatic rings. The van der Waals surface area contributed by atoms with Gasteiger partial charge in [0.25, 0.3) is 0 Å². The van der Waals surface area contributed by atoms with Crippen LogP contribution in [0.1, 0.15) is 16.4 Å². The predicted molar refractivity (Wildman–Crippen MR) is 81.4 cm³/mol. The van der Waals surface area contributed by atoms with Crippen molar-refractivity contribution >= 4 is 29.1 Å². The van der Waals surface area contributed by atoms with Gasteiger partial charge in [0.15, 0.2) is 0 Å². The second kappa shape index (κ2) is 5.42. The Balaban J connectivity index is 2.12. The average molecular weight is 321 g/mol. The van der Waals surface area contributed by atoms with Crippen molar-refractivity contribution in [1.82, 2.24) is 4.98 Å². The Bertz CT molecular complexity index is 773. The van der Waals surface area contributed by atoms with Crippen molar-refractivity contribution in [2.45, 2.75) is 10.9 Å². The van der Waals surface area contributed by atoms with Gasteiger partial charge in [0, 0.05) is 0 Å². The number of rotatable bonds is 3. The van der Waals surface area contributed by atoms with Gasteiger partial charge in [0.1, 0.15) is 5.75 Å². The highest BCUT2D eigenvalue weighted by Gasteiger charge is 2.32. The Kier molecular flexibility index (Phi) is 3.60. The summed E-state index contributed by atoms with van der Waals surface area (Å²) in [5.74, 6) is -0.712. The minimum absolute atomic E-state index is 0.175. The van der Waals surface area contributed by atoms with Crippen LogP contribution in [0.2, 0.25) is 0 Å². The molecule has 1 atom stereocenters. The number of methoxy groups -OCH3 is 1. The number of benzene rings is 1. The molecule has 2 heterocycles. The van der Waals surface area contributed by atoms with Crippen molar-refractivity contribution < 1.29 is 14.6 Å². The number of ether oxygens (including phenoxy) is 1. The summed E-state index contributed by atoms with van der Waals surface area (Å²) in [5, 5.41) is 11.7. The zero-order valence-corrected chi connectivity index (χ0v) is 12.6. The zero-order chi connectivity index (χ0) is 15.0. The molecule has 0 bridgehead atoms. The second-order valence-corrected chi connectivity index (χ2v) is 6.30. The number of aliphatic carboxylic acids is 1. The third kappa shape index (κ3) is 2.50. The number of fused-ring (bicyclic) bond motifs is 1. The Morgan fingerprint density at radius 3 is 2.67 bits per heavy atom. The first kappa shape index (κ1) is 14.0. The maximum Gasteiger partial charge on any atom is 0.333 e. The molecule has 3 rings (SSSR count). The molecule has 7 heteroatoms. The van der Waals surface area contributed by atoms with Crippen LogP contribution in [0.4, 0.5) is 0 Å². The molecular formula is C14H11NO4S2. The molecule has 0 fully saturated rings. The highest BCUT2D eigenvalue weighted by atomic mass is 32.2. The lowest BCUT2D eigenvalue weighted by atomic mass is 9.90. The fraction of sp³-hybridized carbons (Fsp3) is 0.143. The predicted octanol–water partition coefficient (Wildman–Crippen LogP) is 2.65. The van der Waals surface area contributed by atoms with E-state index in [1.165, 1.54) is 11.8 Å². The molecule has 5 nitrogen and oxygen atoms in total. The van der Waals surface area contributed by atoms with Crippen LogP contribution >= 0.6 is 23.1 Å². The van der Waals surface area contributed by atoms with Crippen molar-refractivity contribution in [3.8, 4) is 5.75 Å². The lowest BCUT2D eigenvalue weighted by Gasteiger charge is -2.21. The van der Waals surface area contributed by atoms with E-state index in [0.717, 1.165) is 26.8 Å².